The molecule has 0 aliphatic carbocycles. The SMILES string of the molecule is C/C=C/c1cc2ccc(N[C@H](C)C(O)C(O)C(CO)OC)cc2oc1=O. The van der Waals surface area contributed by atoms with Crippen LogP contribution in [0.15, 0.2) is 39.6 Å². The summed E-state index contributed by atoms with van der Waals surface area (Å²) in [7, 11) is 1.35. The molecule has 142 valence electrons. The molecule has 3 unspecified atom stereocenters. The third kappa shape index (κ3) is 4.50. The monoisotopic (exact) mass is 363 g/mol. The van der Waals surface area contributed by atoms with Gasteiger partial charge in [0.25, 0.3) is 0 Å². The van der Waals surface area contributed by atoms with Gasteiger partial charge in [-0.25, -0.2) is 4.79 Å². The number of aliphatic hydroxyl groups is 3. The van der Waals surface area contributed by atoms with Crippen molar-refractivity contribution in [3.05, 3.63) is 46.3 Å². The highest BCUT2D eigenvalue weighted by molar-refractivity contribution is 5.82. The number of fused-ring (bicyclic) bond motifs is 1. The maximum Gasteiger partial charge on any atom is 0.343 e. The summed E-state index contributed by atoms with van der Waals surface area (Å²) in [5, 5.41) is 33.3. The molecule has 0 bridgehead atoms. The number of rotatable bonds is 8. The van der Waals surface area contributed by atoms with Crippen molar-refractivity contribution in [1.82, 2.24) is 0 Å². The lowest BCUT2D eigenvalue weighted by molar-refractivity contribution is -0.0953. The van der Waals surface area contributed by atoms with Crippen molar-refractivity contribution in [2.24, 2.45) is 0 Å². The number of allylic oxidation sites excluding steroid dienone is 1. The number of aliphatic hydroxyl groups excluding tert-OH is 3. The van der Waals surface area contributed by atoms with Crippen LogP contribution in [0.5, 0.6) is 0 Å². The maximum absolute atomic E-state index is 11.9. The summed E-state index contributed by atoms with van der Waals surface area (Å²) in [6.45, 7) is 3.10. The van der Waals surface area contributed by atoms with Gasteiger partial charge in [-0.05, 0) is 32.0 Å². The van der Waals surface area contributed by atoms with Crippen LogP contribution in [0.3, 0.4) is 0 Å². The second-order valence-electron chi connectivity index (χ2n) is 6.11. The summed E-state index contributed by atoms with van der Waals surface area (Å²) in [6.07, 6.45) is 0.141. The molecule has 0 spiro atoms. The van der Waals surface area contributed by atoms with Gasteiger partial charge in [-0.1, -0.05) is 12.2 Å². The van der Waals surface area contributed by atoms with Gasteiger partial charge in [-0.2, -0.15) is 0 Å². The average Bonchev–Trinajstić information content (AvgIpc) is 2.62. The fourth-order valence-corrected chi connectivity index (χ4v) is 2.70. The Bertz CT molecular complexity index is 811. The summed E-state index contributed by atoms with van der Waals surface area (Å²) in [6, 6.07) is 6.45. The third-order valence-electron chi connectivity index (χ3n) is 4.23. The normalized spacial score (nSPS) is 16.5. The zero-order valence-corrected chi connectivity index (χ0v) is 15.0. The van der Waals surface area contributed by atoms with Crippen LogP contribution in [0.25, 0.3) is 17.0 Å². The minimum absolute atomic E-state index is 0.406. The highest BCUT2D eigenvalue weighted by atomic mass is 16.5. The quantitative estimate of drug-likeness (QED) is 0.524. The second-order valence-corrected chi connectivity index (χ2v) is 6.11. The van der Waals surface area contributed by atoms with Crippen molar-refractivity contribution in [1.29, 1.82) is 0 Å². The molecule has 0 radical (unpaired) electrons. The lowest BCUT2D eigenvalue weighted by atomic mass is 10.0. The van der Waals surface area contributed by atoms with Crippen molar-refractivity contribution in [2.45, 2.75) is 38.2 Å². The molecule has 1 aromatic carbocycles. The molecule has 0 amide bonds. The number of hydrogen-bond acceptors (Lipinski definition) is 7. The fraction of sp³-hybridized carbons (Fsp3) is 0.421. The molecule has 26 heavy (non-hydrogen) atoms. The number of methoxy groups -OCH3 is 1. The van der Waals surface area contributed by atoms with Crippen molar-refractivity contribution in [3.8, 4) is 0 Å². The molecule has 0 aliphatic rings. The first-order valence-corrected chi connectivity index (χ1v) is 8.38. The van der Waals surface area contributed by atoms with Crippen LogP contribution < -0.4 is 10.9 Å². The highest BCUT2D eigenvalue weighted by Crippen LogP contribution is 2.21. The van der Waals surface area contributed by atoms with Gasteiger partial charge in [0.15, 0.2) is 0 Å². The summed E-state index contributed by atoms with van der Waals surface area (Å²) < 4.78 is 10.3. The molecular weight excluding hydrogens is 338 g/mol. The molecule has 7 nitrogen and oxygen atoms in total. The first kappa shape index (κ1) is 20.1. The topological polar surface area (TPSA) is 112 Å². The van der Waals surface area contributed by atoms with Crippen molar-refractivity contribution in [2.75, 3.05) is 19.0 Å². The number of nitrogens with one attached hydrogen (secondary N) is 1. The smallest absolute Gasteiger partial charge is 0.343 e. The van der Waals surface area contributed by atoms with Gasteiger partial charge in [0, 0.05) is 24.2 Å². The Morgan fingerprint density at radius 1 is 1.27 bits per heavy atom. The van der Waals surface area contributed by atoms with Gasteiger partial charge >= 0.3 is 5.63 Å². The number of hydrogen-bond donors (Lipinski definition) is 4. The van der Waals surface area contributed by atoms with Gasteiger partial charge in [0.05, 0.1) is 18.2 Å². The molecule has 0 aliphatic heterocycles. The molecule has 4 atom stereocenters. The van der Waals surface area contributed by atoms with E-state index in [0.717, 1.165) is 5.39 Å². The molecule has 0 fully saturated rings. The fourth-order valence-electron chi connectivity index (χ4n) is 2.70. The minimum Gasteiger partial charge on any atom is -0.422 e. The lowest BCUT2D eigenvalue weighted by Gasteiger charge is -2.29. The highest BCUT2D eigenvalue weighted by Gasteiger charge is 2.30. The van der Waals surface area contributed by atoms with Gasteiger partial charge in [-0.15, -0.1) is 0 Å². The molecule has 2 rings (SSSR count). The van der Waals surface area contributed by atoms with E-state index < -0.39 is 36.6 Å². The number of benzene rings is 1. The molecule has 4 N–H and O–H groups in total. The van der Waals surface area contributed by atoms with Crippen LogP contribution in [-0.4, -0.2) is 53.4 Å². The Kier molecular flexibility index (Phi) is 6.93. The van der Waals surface area contributed by atoms with Crippen molar-refractivity contribution < 1.29 is 24.5 Å². The summed E-state index contributed by atoms with van der Waals surface area (Å²) in [5.41, 5.74) is 1.08. The van der Waals surface area contributed by atoms with E-state index in [9.17, 15) is 15.0 Å². The van der Waals surface area contributed by atoms with Crippen molar-refractivity contribution >= 4 is 22.7 Å². The Morgan fingerprint density at radius 3 is 2.62 bits per heavy atom. The second kappa shape index (κ2) is 8.95. The van der Waals surface area contributed by atoms with E-state index in [2.05, 4.69) is 5.32 Å². The molecule has 1 heterocycles. The summed E-state index contributed by atoms with van der Waals surface area (Å²) >= 11 is 0. The predicted molar refractivity (Wildman–Crippen MR) is 100 cm³/mol. The number of ether oxygens (including phenoxy) is 1. The molecule has 0 saturated carbocycles. The lowest BCUT2D eigenvalue weighted by Crippen LogP contribution is -2.48. The Morgan fingerprint density at radius 2 is 2.00 bits per heavy atom. The standard InChI is InChI=1S/C19H25NO6/c1-4-5-13-8-12-6-7-14(9-15(12)26-19(13)24)20-11(2)17(22)18(23)16(10-21)25-3/h4-9,11,16-18,20-23H,10H2,1-3H3/b5-4+/t11-,16?,17?,18?/m1/s1. The first-order chi connectivity index (χ1) is 12.4. The van der Waals surface area contributed by atoms with E-state index in [-0.39, 0.29) is 0 Å². The van der Waals surface area contributed by atoms with E-state index in [1.165, 1.54) is 7.11 Å². The zero-order valence-electron chi connectivity index (χ0n) is 15.0. The molecule has 1 aromatic heterocycles. The maximum atomic E-state index is 11.9. The van der Waals surface area contributed by atoms with Crippen LogP contribution in [0.2, 0.25) is 0 Å². The molecule has 2 aromatic rings. The summed E-state index contributed by atoms with van der Waals surface area (Å²) in [5.74, 6) is 0. The summed E-state index contributed by atoms with van der Waals surface area (Å²) in [4.78, 5) is 11.9. The van der Waals surface area contributed by atoms with E-state index in [1.807, 2.05) is 6.92 Å². The van der Waals surface area contributed by atoms with Crippen LogP contribution >= 0.6 is 0 Å². The van der Waals surface area contributed by atoms with Gasteiger partial charge in [-0.3, -0.25) is 0 Å². The van der Waals surface area contributed by atoms with Crippen LogP contribution in [-0.2, 0) is 4.74 Å². The van der Waals surface area contributed by atoms with E-state index in [4.69, 9.17) is 14.3 Å². The Labute approximate surface area is 151 Å². The molecule has 7 heteroatoms. The van der Waals surface area contributed by atoms with Crippen LogP contribution in [0, 0.1) is 0 Å². The largest absolute Gasteiger partial charge is 0.422 e. The molecular formula is C19H25NO6. The molecule has 0 saturated heterocycles. The van der Waals surface area contributed by atoms with Crippen LogP contribution in [0.4, 0.5) is 5.69 Å². The zero-order chi connectivity index (χ0) is 19.3. The minimum atomic E-state index is -1.26. The van der Waals surface area contributed by atoms with Crippen LogP contribution in [0.1, 0.15) is 19.4 Å². The van der Waals surface area contributed by atoms with Gasteiger partial charge in [0.2, 0.25) is 0 Å². The Hall–Kier alpha value is -2.19. The predicted octanol–water partition coefficient (Wildman–Crippen LogP) is 1.36. The average molecular weight is 363 g/mol. The van der Waals surface area contributed by atoms with E-state index >= 15 is 0 Å². The Balaban J connectivity index is 2.20. The first-order valence-electron chi connectivity index (χ1n) is 8.38. The van der Waals surface area contributed by atoms with Gasteiger partial charge in [0.1, 0.15) is 23.9 Å². The number of anilines is 1. The van der Waals surface area contributed by atoms with E-state index in [0.29, 0.717) is 16.8 Å². The third-order valence-corrected chi connectivity index (χ3v) is 4.23. The van der Waals surface area contributed by atoms with Gasteiger partial charge < -0.3 is 29.8 Å². The van der Waals surface area contributed by atoms with Crippen molar-refractivity contribution in [3.63, 3.8) is 0 Å². The van der Waals surface area contributed by atoms with E-state index in [1.54, 1.807) is 43.3 Å².